The Morgan fingerprint density at radius 2 is 2.26 bits per heavy atom. The Morgan fingerprint density at radius 1 is 1.43 bits per heavy atom. The first-order chi connectivity index (χ1) is 11.1. The molecule has 6 heteroatoms. The predicted molar refractivity (Wildman–Crippen MR) is 89.0 cm³/mol. The predicted octanol–water partition coefficient (Wildman–Crippen LogP) is 3.15. The van der Waals surface area contributed by atoms with Crippen molar-refractivity contribution >= 4 is 17.5 Å². The highest BCUT2D eigenvalue weighted by Gasteiger charge is 2.22. The van der Waals surface area contributed by atoms with Crippen molar-refractivity contribution in [3.05, 3.63) is 46.2 Å². The van der Waals surface area contributed by atoms with Crippen molar-refractivity contribution in [2.75, 3.05) is 14.2 Å². The monoisotopic (exact) mass is 333 g/mol. The maximum Gasteiger partial charge on any atom is 0.257 e. The smallest absolute Gasteiger partial charge is 0.257 e. The normalized spacial score (nSPS) is 13.5. The van der Waals surface area contributed by atoms with Crippen LogP contribution in [0, 0.1) is 0 Å². The van der Waals surface area contributed by atoms with E-state index >= 15 is 0 Å². The molecule has 0 aliphatic carbocycles. The molecule has 0 bridgehead atoms. The van der Waals surface area contributed by atoms with Gasteiger partial charge < -0.3 is 9.64 Å². The maximum absolute atomic E-state index is 12.8. The minimum Gasteiger partial charge on any atom is -0.496 e. The van der Waals surface area contributed by atoms with Crippen LogP contribution in [-0.2, 0) is 19.5 Å². The van der Waals surface area contributed by atoms with Gasteiger partial charge in [-0.3, -0.25) is 9.48 Å². The van der Waals surface area contributed by atoms with Crippen LogP contribution in [-0.4, -0.2) is 34.7 Å². The molecule has 0 saturated heterocycles. The number of hydrogen-bond donors (Lipinski definition) is 0. The molecule has 0 unspecified atom stereocenters. The van der Waals surface area contributed by atoms with Gasteiger partial charge in [0.25, 0.3) is 5.91 Å². The van der Waals surface area contributed by atoms with Gasteiger partial charge in [0.05, 0.1) is 24.6 Å². The molecule has 0 N–H and O–H groups in total. The van der Waals surface area contributed by atoms with Crippen LogP contribution >= 0.6 is 11.6 Å². The summed E-state index contributed by atoms with van der Waals surface area (Å²) in [5.74, 6) is 0.710. The molecule has 23 heavy (non-hydrogen) atoms. The number of benzene rings is 1. The highest BCUT2D eigenvalue weighted by molar-refractivity contribution is 6.30. The Hall–Kier alpha value is -2.01. The number of nitrogens with zero attached hydrogens (tertiary/aromatic N) is 3. The summed E-state index contributed by atoms with van der Waals surface area (Å²) in [4.78, 5) is 14.4. The summed E-state index contributed by atoms with van der Waals surface area (Å²) in [6, 6.07) is 5.43. The summed E-state index contributed by atoms with van der Waals surface area (Å²) in [7, 11) is 3.40. The third-order valence-corrected chi connectivity index (χ3v) is 4.44. The number of ether oxygens (including phenoxy) is 1. The SMILES string of the molecule is COc1ccc(Cl)cc1CN(C)C(=O)c1cnn2c1CCCC2. The van der Waals surface area contributed by atoms with Crippen molar-refractivity contribution in [1.82, 2.24) is 14.7 Å². The summed E-state index contributed by atoms with van der Waals surface area (Å²) in [5.41, 5.74) is 2.64. The molecule has 0 radical (unpaired) electrons. The van der Waals surface area contributed by atoms with Crippen molar-refractivity contribution in [2.45, 2.75) is 32.4 Å². The van der Waals surface area contributed by atoms with Gasteiger partial charge in [0.1, 0.15) is 5.75 Å². The molecule has 122 valence electrons. The lowest BCUT2D eigenvalue weighted by Gasteiger charge is -2.20. The number of amides is 1. The van der Waals surface area contributed by atoms with Crippen LogP contribution in [0.3, 0.4) is 0 Å². The Morgan fingerprint density at radius 3 is 3.04 bits per heavy atom. The zero-order chi connectivity index (χ0) is 16.4. The highest BCUT2D eigenvalue weighted by Crippen LogP contribution is 2.25. The Bertz CT molecular complexity index is 727. The van der Waals surface area contributed by atoms with Gasteiger partial charge in [-0.25, -0.2) is 0 Å². The van der Waals surface area contributed by atoms with Crippen LogP contribution in [0.1, 0.15) is 34.5 Å². The number of hydrogen-bond acceptors (Lipinski definition) is 3. The van der Waals surface area contributed by atoms with Crippen molar-refractivity contribution in [3.8, 4) is 5.75 Å². The van der Waals surface area contributed by atoms with E-state index in [1.54, 1.807) is 31.3 Å². The van der Waals surface area contributed by atoms with Crippen LogP contribution in [0.25, 0.3) is 0 Å². The van der Waals surface area contributed by atoms with E-state index in [-0.39, 0.29) is 5.91 Å². The lowest BCUT2D eigenvalue weighted by molar-refractivity contribution is 0.0782. The van der Waals surface area contributed by atoms with Gasteiger partial charge in [0.2, 0.25) is 0 Å². The number of methoxy groups -OCH3 is 1. The van der Waals surface area contributed by atoms with Crippen LogP contribution in [0.4, 0.5) is 0 Å². The average Bonchev–Trinajstić information content (AvgIpc) is 2.98. The van der Waals surface area contributed by atoms with Gasteiger partial charge in [0, 0.05) is 30.7 Å². The van der Waals surface area contributed by atoms with Crippen molar-refractivity contribution in [1.29, 1.82) is 0 Å². The molecule has 0 saturated carbocycles. The van der Waals surface area contributed by atoms with E-state index in [2.05, 4.69) is 5.10 Å². The standard InChI is InChI=1S/C17H20ClN3O2/c1-20(11-12-9-13(18)6-7-16(12)23-2)17(22)14-10-19-21-8-4-3-5-15(14)21/h6-7,9-10H,3-5,8,11H2,1-2H3. The van der Waals surface area contributed by atoms with E-state index in [1.807, 2.05) is 16.8 Å². The van der Waals surface area contributed by atoms with E-state index in [4.69, 9.17) is 16.3 Å². The number of halogens is 1. The highest BCUT2D eigenvalue weighted by atomic mass is 35.5. The van der Waals surface area contributed by atoms with E-state index in [1.165, 1.54) is 0 Å². The summed E-state index contributed by atoms with van der Waals surface area (Å²) >= 11 is 6.06. The summed E-state index contributed by atoms with van der Waals surface area (Å²) < 4.78 is 7.30. The first-order valence-corrected chi connectivity index (χ1v) is 8.10. The van der Waals surface area contributed by atoms with Crippen LogP contribution < -0.4 is 4.74 Å². The molecule has 1 amide bonds. The van der Waals surface area contributed by atoms with E-state index in [0.717, 1.165) is 42.8 Å². The van der Waals surface area contributed by atoms with Gasteiger partial charge in [0.15, 0.2) is 0 Å². The minimum atomic E-state index is -0.0184. The van der Waals surface area contributed by atoms with Crippen LogP contribution in [0.15, 0.2) is 24.4 Å². The van der Waals surface area contributed by atoms with E-state index in [0.29, 0.717) is 17.1 Å². The van der Waals surface area contributed by atoms with Gasteiger partial charge in [-0.05, 0) is 37.5 Å². The Labute approximate surface area is 140 Å². The summed E-state index contributed by atoms with van der Waals surface area (Å²) in [5, 5.41) is 4.97. The largest absolute Gasteiger partial charge is 0.496 e. The number of carbonyl (C=O) groups is 1. The molecular weight excluding hydrogens is 314 g/mol. The van der Waals surface area contributed by atoms with Gasteiger partial charge in [-0.15, -0.1) is 0 Å². The Balaban J connectivity index is 1.81. The molecule has 1 aromatic heterocycles. The fraction of sp³-hybridized carbons (Fsp3) is 0.412. The lowest BCUT2D eigenvalue weighted by atomic mass is 10.1. The molecule has 1 aliphatic rings. The van der Waals surface area contributed by atoms with Gasteiger partial charge in [-0.1, -0.05) is 11.6 Å². The fourth-order valence-corrected chi connectivity index (χ4v) is 3.20. The number of aromatic nitrogens is 2. The zero-order valence-electron chi connectivity index (χ0n) is 13.4. The molecule has 1 aromatic carbocycles. The number of aryl methyl sites for hydroxylation is 1. The molecule has 2 aromatic rings. The lowest BCUT2D eigenvalue weighted by Crippen LogP contribution is -2.27. The second kappa shape index (κ2) is 6.62. The van der Waals surface area contributed by atoms with E-state index in [9.17, 15) is 4.79 Å². The second-order valence-corrected chi connectivity index (χ2v) is 6.24. The molecule has 2 heterocycles. The maximum atomic E-state index is 12.8. The van der Waals surface area contributed by atoms with E-state index < -0.39 is 0 Å². The number of rotatable bonds is 4. The molecule has 1 aliphatic heterocycles. The molecule has 0 fully saturated rings. The number of carbonyl (C=O) groups excluding carboxylic acids is 1. The molecule has 0 atom stereocenters. The zero-order valence-corrected chi connectivity index (χ0v) is 14.1. The van der Waals surface area contributed by atoms with Crippen LogP contribution in [0.5, 0.6) is 5.75 Å². The molecule has 5 nitrogen and oxygen atoms in total. The second-order valence-electron chi connectivity index (χ2n) is 5.80. The number of fused-ring (bicyclic) bond motifs is 1. The quantitative estimate of drug-likeness (QED) is 0.863. The average molecular weight is 334 g/mol. The van der Waals surface area contributed by atoms with Crippen LogP contribution in [0.2, 0.25) is 5.02 Å². The van der Waals surface area contributed by atoms with Gasteiger partial charge in [-0.2, -0.15) is 5.10 Å². The summed E-state index contributed by atoms with van der Waals surface area (Å²) in [6.07, 6.45) is 4.83. The van der Waals surface area contributed by atoms with Gasteiger partial charge >= 0.3 is 0 Å². The third kappa shape index (κ3) is 3.20. The minimum absolute atomic E-state index is 0.0184. The first-order valence-electron chi connectivity index (χ1n) is 7.72. The first kappa shape index (κ1) is 15.9. The summed E-state index contributed by atoms with van der Waals surface area (Å²) in [6.45, 7) is 1.33. The molecular formula is C17H20ClN3O2. The van der Waals surface area contributed by atoms with Crippen molar-refractivity contribution < 1.29 is 9.53 Å². The Kier molecular flexibility index (Phi) is 4.57. The fourth-order valence-electron chi connectivity index (χ4n) is 3.00. The topological polar surface area (TPSA) is 47.4 Å². The van der Waals surface area contributed by atoms with Crippen molar-refractivity contribution in [3.63, 3.8) is 0 Å². The molecule has 3 rings (SSSR count). The third-order valence-electron chi connectivity index (χ3n) is 4.21. The van der Waals surface area contributed by atoms with Crippen molar-refractivity contribution in [2.24, 2.45) is 0 Å². The molecule has 0 spiro atoms.